The molecule has 1 N–H and O–H groups in total. The number of carbonyl (C=O) groups is 2. The molecule has 1 amide bonds. The number of hydrogen-bond donors (Lipinski definition) is 1. The number of rotatable bonds is 3. The number of amides is 1. The molecule has 0 spiro atoms. The van der Waals surface area contributed by atoms with Gasteiger partial charge in [0, 0.05) is 21.5 Å². The maximum absolute atomic E-state index is 12.4. The lowest BCUT2D eigenvalue weighted by Crippen LogP contribution is -2.49. The van der Waals surface area contributed by atoms with E-state index in [1.165, 1.54) is 0 Å². The molecule has 2 aliphatic carbocycles. The van der Waals surface area contributed by atoms with E-state index in [1.54, 1.807) is 24.3 Å². The summed E-state index contributed by atoms with van der Waals surface area (Å²) in [6.07, 6.45) is 6.63. The first-order valence-corrected chi connectivity index (χ1v) is 7.49. The maximum Gasteiger partial charge on any atom is 0.251 e. The Kier molecular flexibility index (Phi) is 3.33. The lowest BCUT2D eigenvalue weighted by Gasteiger charge is -2.37. The molecule has 0 heterocycles. The fourth-order valence-electron chi connectivity index (χ4n) is 3.82. The molecule has 1 aromatic rings. The van der Waals surface area contributed by atoms with Gasteiger partial charge in [-0.05, 0) is 50.3 Å². The Morgan fingerprint density at radius 3 is 2.85 bits per heavy atom. The number of benzene rings is 1. The molecule has 2 unspecified atom stereocenters. The lowest BCUT2D eigenvalue weighted by atomic mass is 9.74. The second-order valence-electron chi connectivity index (χ2n) is 6.26. The number of aldehydes is 1. The van der Waals surface area contributed by atoms with Crippen LogP contribution < -0.4 is 5.32 Å². The highest BCUT2D eigenvalue weighted by molar-refractivity contribution is 6.30. The molecule has 2 aliphatic rings. The standard InChI is InChI=1S/C16H18ClNO2/c17-13-4-1-3-12(9-13)14(20)18-16-6-2-5-15(10-16,11-19)7-8-16/h1,3-4,9,11H,2,5-8,10H2,(H,18,20). The zero-order valence-corrected chi connectivity index (χ0v) is 12.1. The molecule has 106 valence electrons. The number of fused-ring (bicyclic) bond motifs is 2. The third kappa shape index (κ3) is 2.35. The predicted octanol–water partition coefficient (Wildman–Crippen LogP) is 3.36. The van der Waals surface area contributed by atoms with Crippen molar-refractivity contribution in [1.82, 2.24) is 5.32 Å². The monoisotopic (exact) mass is 291 g/mol. The van der Waals surface area contributed by atoms with Gasteiger partial charge < -0.3 is 10.1 Å². The summed E-state index contributed by atoms with van der Waals surface area (Å²) in [5.74, 6) is -0.0869. The van der Waals surface area contributed by atoms with E-state index in [2.05, 4.69) is 5.32 Å². The van der Waals surface area contributed by atoms with Gasteiger partial charge in [-0.3, -0.25) is 4.79 Å². The highest BCUT2D eigenvalue weighted by Gasteiger charge is 2.51. The molecule has 20 heavy (non-hydrogen) atoms. The third-order valence-electron chi connectivity index (χ3n) is 4.84. The Hall–Kier alpha value is -1.35. The van der Waals surface area contributed by atoms with Gasteiger partial charge in [0.05, 0.1) is 0 Å². The molecule has 2 fully saturated rings. The molecule has 4 heteroatoms. The summed E-state index contributed by atoms with van der Waals surface area (Å²) in [7, 11) is 0. The van der Waals surface area contributed by atoms with Crippen molar-refractivity contribution < 1.29 is 9.59 Å². The molecule has 0 aromatic heterocycles. The van der Waals surface area contributed by atoms with E-state index in [4.69, 9.17) is 11.6 Å². The number of carbonyl (C=O) groups excluding carboxylic acids is 2. The Morgan fingerprint density at radius 2 is 2.10 bits per heavy atom. The van der Waals surface area contributed by atoms with Crippen molar-refractivity contribution in [3.05, 3.63) is 34.9 Å². The van der Waals surface area contributed by atoms with E-state index in [-0.39, 0.29) is 16.9 Å². The van der Waals surface area contributed by atoms with E-state index in [0.717, 1.165) is 44.8 Å². The predicted molar refractivity (Wildman–Crippen MR) is 77.8 cm³/mol. The third-order valence-corrected chi connectivity index (χ3v) is 5.07. The summed E-state index contributed by atoms with van der Waals surface area (Å²) in [6, 6.07) is 6.98. The maximum atomic E-state index is 12.4. The van der Waals surface area contributed by atoms with Crippen LogP contribution in [-0.2, 0) is 4.79 Å². The van der Waals surface area contributed by atoms with Gasteiger partial charge in [-0.1, -0.05) is 24.1 Å². The molecule has 0 aliphatic heterocycles. The number of nitrogens with one attached hydrogen (secondary N) is 1. The van der Waals surface area contributed by atoms with Crippen LogP contribution in [0.5, 0.6) is 0 Å². The van der Waals surface area contributed by atoms with Crippen LogP contribution in [-0.4, -0.2) is 17.7 Å². The highest BCUT2D eigenvalue weighted by Crippen LogP contribution is 2.52. The molecule has 2 bridgehead atoms. The van der Waals surface area contributed by atoms with Crippen LogP contribution in [0.25, 0.3) is 0 Å². The van der Waals surface area contributed by atoms with E-state index >= 15 is 0 Å². The zero-order valence-electron chi connectivity index (χ0n) is 11.3. The van der Waals surface area contributed by atoms with Crippen molar-refractivity contribution in [2.75, 3.05) is 0 Å². The van der Waals surface area contributed by atoms with Crippen molar-refractivity contribution in [2.24, 2.45) is 5.41 Å². The summed E-state index contributed by atoms with van der Waals surface area (Å²) in [5, 5.41) is 3.73. The minimum Gasteiger partial charge on any atom is -0.347 e. The quantitative estimate of drug-likeness (QED) is 0.868. The first-order valence-electron chi connectivity index (χ1n) is 7.11. The van der Waals surface area contributed by atoms with Gasteiger partial charge in [0.15, 0.2) is 0 Å². The van der Waals surface area contributed by atoms with Crippen molar-refractivity contribution >= 4 is 23.8 Å². The SMILES string of the molecule is O=CC12CCCC(NC(=O)c3cccc(Cl)c3)(CC1)C2. The van der Waals surface area contributed by atoms with Crippen LogP contribution in [0, 0.1) is 5.41 Å². The smallest absolute Gasteiger partial charge is 0.251 e. The van der Waals surface area contributed by atoms with Gasteiger partial charge >= 0.3 is 0 Å². The van der Waals surface area contributed by atoms with E-state index in [9.17, 15) is 9.59 Å². The topological polar surface area (TPSA) is 46.2 Å². The molecule has 1 aromatic carbocycles. The lowest BCUT2D eigenvalue weighted by molar-refractivity contribution is -0.117. The van der Waals surface area contributed by atoms with Crippen LogP contribution in [0.1, 0.15) is 48.9 Å². The fourth-order valence-corrected chi connectivity index (χ4v) is 4.01. The van der Waals surface area contributed by atoms with Gasteiger partial charge in [-0.2, -0.15) is 0 Å². The highest BCUT2D eigenvalue weighted by atomic mass is 35.5. The first-order chi connectivity index (χ1) is 9.56. The normalized spacial score (nSPS) is 31.9. The zero-order chi connectivity index (χ0) is 14.2. The molecule has 0 radical (unpaired) electrons. The van der Waals surface area contributed by atoms with Gasteiger partial charge in [-0.15, -0.1) is 0 Å². The summed E-state index contributed by atoms with van der Waals surface area (Å²) in [6.45, 7) is 0. The molecule has 0 saturated heterocycles. The minimum atomic E-state index is -0.196. The Balaban J connectivity index is 1.78. The summed E-state index contributed by atoms with van der Waals surface area (Å²) >= 11 is 5.93. The number of hydrogen-bond acceptors (Lipinski definition) is 2. The van der Waals surface area contributed by atoms with Gasteiger partial charge in [0.1, 0.15) is 6.29 Å². The van der Waals surface area contributed by atoms with Crippen LogP contribution in [0.15, 0.2) is 24.3 Å². The number of halogens is 1. The molecule has 2 saturated carbocycles. The summed E-state index contributed by atoms with van der Waals surface area (Å²) < 4.78 is 0. The van der Waals surface area contributed by atoms with Crippen molar-refractivity contribution in [3.8, 4) is 0 Å². The molecular weight excluding hydrogens is 274 g/mol. The molecular formula is C16H18ClNO2. The Labute approximate surface area is 123 Å². The largest absolute Gasteiger partial charge is 0.347 e. The molecule has 2 atom stereocenters. The average Bonchev–Trinajstić information content (AvgIpc) is 2.70. The van der Waals surface area contributed by atoms with Crippen molar-refractivity contribution in [3.63, 3.8) is 0 Å². The van der Waals surface area contributed by atoms with Gasteiger partial charge in [0.2, 0.25) is 0 Å². The van der Waals surface area contributed by atoms with Crippen LogP contribution >= 0.6 is 11.6 Å². The molecule has 3 rings (SSSR count). The molecule has 3 nitrogen and oxygen atoms in total. The first kappa shape index (κ1) is 13.6. The minimum absolute atomic E-state index is 0.0869. The van der Waals surface area contributed by atoms with Crippen LogP contribution in [0.3, 0.4) is 0 Å². The summed E-state index contributed by atoms with van der Waals surface area (Å²) in [4.78, 5) is 23.7. The Bertz CT molecular complexity index is 559. The van der Waals surface area contributed by atoms with Gasteiger partial charge in [0.25, 0.3) is 5.91 Å². The van der Waals surface area contributed by atoms with E-state index < -0.39 is 0 Å². The fraction of sp³-hybridized carbons (Fsp3) is 0.500. The Morgan fingerprint density at radius 1 is 1.25 bits per heavy atom. The second-order valence-corrected chi connectivity index (χ2v) is 6.69. The van der Waals surface area contributed by atoms with E-state index in [1.807, 2.05) is 0 Å². The van der Waals surface area contributed by atoms with Crippen LogP contribution in [0.2, 0.25) is 5.02 Å². The van der Waals surface area contributed by atoms with Crippen LogP contribution in [0.4, 0.5) is 0 Å². The average molecular weight is 292 g/mol. The second kappa shape index (κ2) is 4.88. The summed E-state index contributed by atoms with van der Waals surface area (Å²) in [5.41, 5.74) is 0.194. The van der Waals surface area contributed by atoms with Crippen molar-refractivity contribution in [2.45, 2.75) is 44.1 Å². The van der Waals surface area contributed by atoms with Gasteiger partial charge in [-0.25, -0.2) is 0 Å². The van der Waals surface area contributed by atoms with Crippen molar-refractivity contribution in [1.29, 1.82) is 0 Å². The van der Waals surface area contributed by atoms with E-state index in [0.29, 0.717) is 10.6 Å².